The van der Waals surface area contributed by atoms with E-state index >= 15 is 0 Å². The number of ether oxygens (including phenoxy) is 2. The summed E-state index contributed by atoms with van der Waals surface area (Å²) in [6.07, 6.45) is 0. The Balaban J connectivity index is 2.50. The Morgan fingerprint density at radius 3 is 3.08 bits per heavy atom. The van der Waals surface area contributed by atoms with Crippen LogP contribution in [0.1, 0.15) is 11.6 Å². The predicted octanol–water partition coefficient (Wildman–Crippen LogP) is 1.69. The zero-order chi connectivity index (χ0) is 9.42. The molecule has 1 aromatic carbocycles. The molecule has 4 heteroatoms. The summed E-state index contributed by atoms with van der Waals surface area (Å²) < 4.78 is 11.6. The Labute approximate surface area is 90.3 Å². The van der Waals surface area contributed by atoms with E-state index in [0.717, 1.165) is 20.6 Å². The molecule has 0 bridgehead atoms. The summed E-state index contributed by atoms with van der Waals surface area (Å²) in [5, 5.41) is 0. The second kappa shape index (κ2) is 3.34. The van der Waals surface area contributed by atoms with Crippen molar-refractivity contribution >= 4 is 22.6 Å². The van der Waals surface area contributed by atoms with Gasteiger partial charge in [0.25, 0.3) is 0 Å². The van der Waals surface area contributed by atoms with Gasteiger partial charge in [-0.25, -0.2) is 0 Å². The molecule has 1 aromatic rings. The number of hydrogen-bond donors (Lipinski definition) is 1. The lowest BCUT2D eigenvalue weighted by Crippen LogP contribution is -2.10. The molecule has 1 aliphatic heterocycles. The first-order chi connectivity index (χ1) is 6.22. The van der Waals surface area contributed by atoms with Gasteiger partial charge in [0.2, 0.25) is 0 Å². The number of hydrogen-bond acceptors (Lipinski definition) is 3. The van der Waals surface area contributed by atoms with Crippen molar-refractivity contribution in [3.63, 3.8) is 0 Å². The van der Waals surface area contributed by atoms with Crippen LogP contribution in [-0.4, -0.2) is 13.7 Å². The molecule has 0 amide bonds. The summed E-state index contributed by atoms with van der Waals surface area (Å²) in [6.45, 7) is 0.568. The molecule has 0 aromatic heterocycles. The monoisotopic (exact) mass is 291 g/mol. The molecule has 0 fully saturated rings. The molecule has 1 atom stereocenters. The minimum Gasteiger partial charge on any atom is -0.496 e. The number of fused-ring (bicyclic) bond motifs is 1. The van der Waals surface area contributed by atoms with E-state index in [2.05, 4.69) is 22.6 Å². The molecule has 1 aliphatic rings. The Hall–Kier alpha value is -0.490. The third-order valence-electron chi connectivity index (χ3n) is 2.10. The molecular weight excluding hydrogens is 281 g/mol. The normalized spacial score (nSPS) is 19.5. The van der Waals surface area contributed by atoms with Gasteiger partial charge in [-0.3, -0.25) is 0 Å². The fourth-order valence-electron chi connectivity index (χ4n) is 1.39. The largest absolute Gasteiger partial charge is 0.496 e. The number of rotatable bonds is 1. The van der Waals surface area contributed by atoms with E-state index in [1.807, 2.05) is 12.1 Å². The molecule has 2 N–H and O–H groups in total. The van der Waals surface area contributed by atoms with E-state index in [1.54, 1.807) is 7.11 Å². The van der Waals surface area contributed by atoms with Crippen LogP contribution < -0.4 is 15.2 Å². The molecule has 0 unspecified atom stereocenters. The Kier molecular flexibility index (Phi) is 2.33. The highest BCUT2D eigenvalue weighted by atomic mass is 127. The van der Waals surface area contributed by atoms with Crippen molar-refractivity contribution in [3.8, 4) is 11.5 Å². The average molecular weight is 291 g/mol. The van der Waals surface area contributed by atoms with Gasteiger partial charge in [-0.15, -0.1) is 0 Å². The summed E-state index contributed by atoms with van der Waals surface area (Å²) in [5.74, 6) is 1.69. The molecule has 0 aliphatic carbocycles. The summed E-state index contributed by atoms with van der Waals surface area (Å²) in [6, 6.07) is 3.92. The third-order valence-corrected chi connectivity index (χ3v) is 2.95. The molecule has 70 valence electrons. The molecular formula is C9H10INO2. The molecule has 0 spiro atoms. The molecule has 1 heterocycles. The van der Waals surface area contributed by atoms with Crippen LogP contribution in [0.15, 0.2) is 12.1 Å². The smallest absolute Gasteiger partial charge is 0.135 e. The summed E-state index contributed by atoms with van der Waals surface area (Å²) in [7, 11) is 1.65. The van der Waals surface area contributed by atoms with E-state index in [4.69, 9.17) is 15.2 Å². The van der Waals surface area contributed by atoms with Crippen LogP contribution in [0.5, 0.6) is 11.5 Å². The number of benzene rings is 1. The lowest BCUT2D eigenvalue weighted by atomic mass is 10.1. The molecule has 2 rings (SSSR count). The van der Waals surface area contributed by atoms with Crippen LogP contribution in [0.25, 0.3) is 0 Å². The summed E-state index contributed by atoms with van der Waals surface area (Å²) in [5.41, 5.74) is 6.91. The molecule has 0 radical (unpaired) electrons. The van der Waals surface area contributed by atoms with Crippen LogP contribution in [-0.2, 0) is 0 Å². The van der Waals surface area contributed by atoms with Crippen LogP contribution in [0.4, 0.5) is 0 Å². The van der Waals surface area contributed by atoms with Gasteiger partial charge < -0.3 is 15.2 Å². The van der Waals surface area contributed by atoms with Crippen molar-refractivity contribution in [2.75, 3.05) is 13.7 Å². The van der Waals surface area contributed by atoms with Gasteiger partial charge in [0.15, 0.2) is 0 Å². The van der Waals surface area contributed by atoms with Crippen LogP contribution >= 0.6 is 22.6 Å². The van der Waals surface area contributed by atoms with E-state index in [0.29, 0.717) is 6.61 Å². The Morgan fingerprint density at radius 1 is 1.62 bits per heavy atom. The van der Waals surface area contributed by atoms with E-state index < -0.39 is 0 Å². The fraction of sp³-hybridized carbons (Fsp3) is 0.333. The topological polar surface area (TPSA) is 44.5 Å². The highest BCUT2D eigenvalue weighted by Crippen LogP contribution is 2.36. The minimum absolute atomic E-state index is 0.00872. The number of methoxy groups -OCH3 is 1. The maximum atomic E-state index is 5.84. The molecule has 0 saturated carbocycles. The first-order valence-electron chi connectivity index (χ1n) is 3.98. The molecule has 13 heavy (non-hydrogen) atoms. The zero-order valence-electron chi connectivity index (χ0n) is 7.21. The van der Waals surface area contributed by atoms with Crippen molar-refractivity contribution in [3.05, 3.63) is 21.3 Å². The van der Waals surface area contributed by atoms with E-state index in [1.165, 1.54) is 0 Å². The Bertz CT molecular complexity index is 341. The summed E-state index contributed by atoms with van der Waals surface area (Å²) >= 11 is 2.23. The second-order valence-electron chi connectivity index (χ2n) is 2.94. The van der Waals surface area contributed by atoms with Gasteiger partial charge in [-0.1, -0.05) is 0 Å². The van der Waals surface area contributed by atoms with Crippen LogP contribution in [0, 0.1) is 3.57 Å². The average Bonchev–Trinajstić information content (AvgIpc) is 2.47. The van der Waals surface area contributed by atoms with Crippen LogP contribution in [0.2, 0.25) is 0 Å². The van der Waals surface area contributed by atoms with Crippen molar-refractivity contribution in [2.45, 2.75) is 6.04 Å². The van der Waals surface area contributed by atoms with Gasteiger partial charge in [0, 0.05) is 11.6 Å². The van der Waals surface area contributed by atoms with Gasteiger partial charge in [-0.2, -0.15) is 0 Å². The first kappa shape index (κ1) is 9.08. The fourth-order valence-corrected chi connectivity index (χ4v) is 2.10. The summed E-state index contributed by atoms with van der Waals surface area (Å²) in [4.78, 5) is 0. The van der Waals surface area contributed by atoms with Crippen molar-refractivity contribution in [1.29, 1.82) is 0 Å². The SMILES string of the molecule is COc1cc2c(cc1I)[C@H](N)CO2. The zero-order valence-corrected chi connectivity index (χ0v) is 9.37. The standard InChI is InChI=1S/C9H10INO2/c1-12-9-3-8-5(2-6(9)10)7(11)4-13-8/h2-3,7H,4,11H2,1H3/t7-/m1/s1. The first-order valence-corrected chi connectivity index (χ1v) is 5.06. The molecule has 3 nitrogen and oxygen atoms in total. The van der Waals surface area contributed by atoms with Crippen molar-refractivity contribution < 1.29 is 9.47 Å². The van der Waals surface area contributed by atoms with Gasteiger partial charge in [0.1, 0.15) is 18.1 Å². The number of nitrogens with two attached hydrogens (primary N) is 1. The minimum atomic E-state index is 0.00872. The highest BCUT2D eigenvalue weighted by molar-refractivity contribution is 14.1. The quantitative estimate of drug-likeness (QED) is 0.801. The van der Waals surface area contributed by atoms with Crippen molar-refractivity contribution in [1.82, 2.24) is 0 Å². The maximum Gasteiger partial charge on any atom is 0.135 e. The van der Waals surface area contributed by atoms with Gasteiger partial charge in [-0.05, 0) is 28.7 Å². The van der Waals surface area contributed by atoms with Gasteiger partial charge in [0.05, 0.1) is 16.7 Å². The van der Waals surface area contributed by atoms with E-state index in [9.17, 15) is 0 Å². The highest BCUT2D eigenvalue weighted by Gasteiger charge is 2.22. The van der Waals surface area contributed by atoms with E-state index in [-0.39, 0.29) is 6.04 Å². The van der Waals surface area contributed by atoms with Crippen molar-refractivity contribution in [2.24, 2.45) is 5.73 Å². The third kappa shape index (κ3) is 1.48. The number of halogens is 1. The maximum absolute atomic E-state index is 5.84. The van der Waals surface area contributed by atoms with Crippen LogP contribution in [0.3, 0.4) is 0 Å². The second-order valence-corrected chi connectivity index (χ2v) is 4.10. The predicted molar refractivity (Wildman–Crippen MR) is 58.1 cm³/mol. The van der Waals surface area contributed by atoms with Gasteiger partial charge >= 0.3 is 0 Å². The molecule has 0 saturated heterocycles. The lowest BCUT2D eigenvalue weighted by molar-refractivity contribution is 0.331. The lowest BCUT2D eigenvalue weighted by Gasteiger charge is -2.06. The Morgan fingerprint density at radius 2 is 2.38 bits per heavy atom.